The lowest BCUT2D eigenvalue weighted by Crippen LogP contribution is -2.42. The second kappa shape index (κ2) is 12.9. The van der Waals surface area contributed by atoms with Gasteiger partial charge in [-0.3, -0.25) is 4.79 Å². The Morgan fingerprint density at radius 2 is 1.89 bits per heavy atom. The van der Waals surface area contributed by atoms with Crippen LogP contribution in [0.2, 0.25) is 5.02 Å². The topological polar surface area (TPSA) is 144 Å². The number of ether oxygens (including phenoxy) is 2. The minimum Gasteiger partial charge on any atom is -0.480 e. The van der Waals surface area contributed by atoms with Crippen molar-refractivity contribution < 1.29 is 31.5 Å². The van der Waals surface area contributed by atoms with Crippen LogP contribution in [-0.4, -0.2) is 44.3 Å². The second-order valence-corrected chi connectivity index (χ2v) is 12.4. The van der Waals surface area contributed by atoms with Crippen LogP contribution >= 0.6 is 11.6 Å². The van der Waals surface area contributed by atoms with E-state index < -0.39 is 46.1 Å². The summed E-state index contributed by atoms with van der Waals surface area (Å²) in [6, 6.07) is 13.7. The van der Waals surface area contributed by atoms with Crippen LogP contribution in [0.5, 0.6) is 5.75 Å². The summed E-state index contributed by atoms with van der Waals surface area (Å²) in [6.45, 7) is 5.23. The molecular formula is C30H30ClFN4O7S. The summed E-state index contributed by atoms with van der Waals surface area (Å²) in [4.78, 5) is 25.7. The molecule has 0 saturated heterocycles. The van der Waals surface area contributed by atoms with Crippen LogP contribution in [0.15, 0.2) is 68.7 Å². The fraction of sp³-hybridized carbons (Fsp3) is 0.300. The van der Waals surface area contributed by atoms with Crippen molar-refractivity contribution in [1.82, 2.24) is 14.9 Å². The van der Waals surface area contributed by atoms with Gasteiger partial charge in [0.25, 0.3) is 5.91 Å². The number of carbonyl (C=O) groups excluding carboxylic acids is 1. The van der Waals surface area contributed by atoms with Gasteiger partial charge in [0.1, 0.15) is 22.4 Å². The monoisotopic (exact) mass is 644 g/mol. The number of hydrogen-bond donors (Lipinski definition) is 2. The lowest BCUT2D eigenvalue weighted by atomic mass is 9.88. The molecule has 1 amide bonds. The van der Waals surface area contributed by atoms with Gasteiger partial charge < -0.3 is 18.8 Å². The van der Waals surface area contributed by atoms with E-state index in [0.29, 0.717) is 12.2 Å². The third kappa shape index (κ3) is 6.41. The lowest BCUT2D eigenvalue weighted by Gasteiger charge is -2.32. The first-order chi connectivity index (χ1) is 21.0. The summed E-state index contributed by atoms with van der Waals surface area (Å²) in [5.41, 5.74) is 2.65. The molecule has 2 atom stereocenters. The molecule has 0 radical (unpaired) electrons. The van der Waals surface area contributed by atoms with Crippen molar-refractivity contribution >= 4 is 33.2 Å². The highest BCUT2D eigenvalue weighted by atomic mass is 35.5. The molecule has 2 unspecified atom stereocenters. The first-order valence-corrected chi connectivity index (χ1v) is 15.5. The highest BCUT2D eigenvalue weighted by Gasteiger charge is 2.38. The fourth-order valence-electron chi connectivity index (χ4n) is 5.13. The zero-order chi connectivity index (χ0) is 31.6. The number of halogens is 2. The molecule has 5 rings (SSSR count). The number of aromatic amines is 1. The first kappa shape index (κ1) is 31.4. The Morgan fingerprint density at radius 3 is 2.59 bits per heavy atom. The Kier molecular flexibility index (Phi) is 9.20. The number of H-pyrrole nitrogens is 1. The number of aromatic nitrogens is 2. The highest BCUT2D eigenvalue weighted by molar-refractivity contribution is 7.89. The zero-order valence-electron chi connectivity index (χ0n) is 24.1. The third-order valence-electron chi connectivity index (χ3n) is 7.51. The van der Waals surface area contributed by atoms with Gasteiger partial charge in [-0.2, -0.15) is 4.72 Å². The van der Waals surface area contributed by atoms with Gasteiger partial charge in [-0.1, -0.05) is 54.9 Å². The van der Waals surface area contributed by atoms with Crippen molar-refractivity contribution in [3.63, 3.8) is 0 Å². The summed E-state index contributed by atoms with van der Waals surface area (Å²) in [7, 11) is -4.49. The van der Waals surface area contributed by atoms with E-state index >= 15 is 4.39 Å². The van der Waals surface area contributed by atoms with Gasteiger partial charge >= 0.3 is 5.76 Å². The van der Waals surface area contributed by atoms with Crippen LogP contribution in [0.3, 0.4) is 0 Å². The number of benzene rings is 3. The molecule has 0 fully saturated rings. The van der Waals surface area contributed by atoms with Gasteiger partial charge in [-0.25, -0.2) is 22.7 Å². The molecule has 1 aliphatic heterocycles. The molecule has 11 nitrogen and oxygen atoms in total. The van der Waals surface area contributed by atoms with E-state index in [4.69, 9.17) is 25.5 Å². The zero-order valence-corrected chi connectivity index (χ0v) is 25.7. The summed E-state index contributed by atoms with van der Waals surface area (Å²) < 4.78 is 62.1. The minimum atomic E-state index is -4.49. The Bertz CT molecular complexity index is 1850. The molecule has 4 aromatic rings. The average Bonchev–Trinajstić information content (AvgIpc) is 3.43. The summed E-state index contributed by atoms with van der Waals surface area (Å²) in [6.07, 6.45) is 0. The number of nitrogens with zero attached hydrogens (tertiary/aromatic N) is 2. The SMILES string of the molecule is Cc1ccc(F)c(C(C)C(NS(=O)(=O)c2ccc(Cl)c3c2OCC(=O)N3CCOCc2ccccc2)c2n[nH]c(=O)o2)c1C. The van der Waals surface area contributed by atoms with Gasteiger partial charge in [0.15, 0.2) is 12.4 Å². The van der Waals surface area contributed by atoms with Crippen LogP contribution in [0.25, 0.3) is 0 Å². The number of hydrogen-bond acceptors (Lipinski definition) is 8. The number of aryl methyl sites for hydroxylation is 1. The Morgan fingerprint density at radius 1 is 1.14 bits per heavy atom. The average molecular weight is 645 g/mol. The molecule has 232 valence electrons. The van der Waals surface area contributed by atoms with E-state index in [9.17, 15) is 18.0 Å². The molecule has 14 heteroatoms. The molecule has 3 aromatic carbocycles. The van der Waals surface area contributed by atoms with Crippen LogP contribution in [0, 0.1) is 19.7 Å². The van der Waals surface area contributed by atoms with Crippen molar-refractivity contribution in [3.8, 4) is 5.75 Å². The van der Waals surface area contributed by atoms with Crippen molar-refractivity contribution in [1.29, 1.82) is 0 Å². The number of anilines is 1. The number of fused-ring (bicyclic) bond motifs is 1. The fourth-order valence-corrected chi connectivity index (χ4v) is 6.79. The molecule has 2 heterocycles. The van der Waals surface area contributed by atoms with Crippen molar-refractivity contribution in [2.24, 2.45) is 0 Å². The Labute approximate surface area is 258 Å². The quantitative estimate of drug-likeness (QED) is 0.227. The summed E-state index contributed by atoms with van der Waals surface area (Å²) >= 11 is 6.48. The summed E-state index contributed by atoms with van der Waals surface area (Å²) in [5.74, 6) is -3.20. The predicted molar refractivity (Wildman–Crippen MR) is 160 cm³/mol. The molecular weight excluding hydrogens is 615 g/mol. The predicted octanol–water partition coefficient (Wildman–Crippen LogP) is 4.54. The van der Waals surface area contributed by atoms with E-state index in [-0.39, 0.29) is 46.0 Å². The minimum absolute atomic E-state index is 0.0746. The molecule has 0 spiro atoms. The molecule has 44 heavy (non-hydrogen) atoms. The molecule has 1 aliphatic rings. The van der Waals surface area contributed by atoms with Gasteiger partial charge in [0.05, 0.1) is 18.2 Å². The van der Waals surface area contributed by atoms with Crippen LogP contribution < -0.4 is 20.1 Å². The van der Waals surface area contributed by atoms with E-state index in [2.05, 4.69) is 14.9 Å². The number of nitrogens with one attached hydrogen (secondary N) is 2. The van der Waals surface area contributed by atoms with Gasteiger partial charge in [0, 0.05) is 12.5 Å². The first-order valence-electron chi connectivity index (χ1n) is 13.7. The van der Waals surface area contributed by atoms with E-state index in [1.165, 1.54) is 23.1 Å². The highest BCUT2D eigenvalue weighted by Crippen LogP contribution is 2.44. The van der Waals surface area contributed by atoms with E-state index in [1.54, 1.807) is 26.8 Å². The number of sulfonamides is 1. The maximum atomic E-state index is 15.1. The molecule has 0 saturated carbocycles. The Hall–Kier alpha value is -4.04. The van der Waals surface area contributed by atoms with Crippen molar-refractivity contribution in [3.05, 3.63) is 104 Å². The molecule has 0 bridgehead atoms. The number of rotatable bonds is 11. The van der Waals surface area contributed by atoms with E-state index in [1.807, 2.05) is 30.3 Å². The van der Waals surface area contributed by atoms with Crippen LogP contribution in [-0.2, 0) is 26.2 Å². The Balaban J connectivity index is 1.47. The largest absolute Gasteiger partial charge is 0.480 e. The number of amides is 1. The lowest BCUT2D eigenvalue weighted by molar-refractivity contribution is -0.121. The van der Waals surface area contributed by atoms with Crippen LogP contribution in [0.4, 0.5) is 10.1 Å². The van der Waals surface area contributed by atoms with E-state index in [0.717, 1.165) is 11.1 Å². The van der Waals surface area contributed by atoms with Crippen molar-refractivity contribution in [2.75, 3.05) is 24.7 Å². The maximum Gasteiger partial charge on any atom is 0.434 e. The smallest absolute Gasteiger partial charge is 0.434 e. The van der Waals surface area contributed by atoms with Gasteiger partial charge in [-0.15, -0.1) is 5.10 Å². The van der Waals surface area contributed by atoms with Gasteiger partial charge in [-0.05, 0) is 54.3 Å². The van der Waals surface area contributed by atoms with Gasteiger partial charge in [0.2, 0.25) is 15.9 Å². The second-order valence-electron chi connectivity index (χ2n) is 10.3. The van der Waals surface area contributed by atoms with Crippen LogP contribution in [0.1, 0.15) is 47.0 Å². The standard InChI is InChI=1S/C30H30ClFN4O7S/c1-17-9-11-22(32)25(18(17)2)19(3)26(29-33-34-30(38)43-29)35-44(39,40)23-12-10-21(31)27-28(23)42-16-24(37)36(27)13-14-41-15-20-7-5-4-6-8-20/h4-12,19,26,35H,13-16H2,1-3H3,(H,34,38). The maximum absolute atomic E-state index is 15.1. The number of carbonyl (C=O) groups is 1. The molecule has 2 N–H and O–H groups in total. The molecule has 1 aromatic heterocycles. The van der Waals surface area contributed by atoms with Crippen molar-refractivity contribution in [2.45, 2.75) is 44.2 Å². The normalized spacial score (nSPS) is 14.7. The third-order valence-corrected chi connectivity index (χ3v) is 9.28. The summed E-state index contributed by atoms with van der Waals surface area (Å²) in [5, 5.41) is 6.06. The molecule has 0 aliphatic carbocycles.